The maximum Gasteiger partial charge on any atom is 0.303 e. The number of esters is 3. The van der Waals surface area contributed by atoms with Crippen LogP contribution in [-0.4, -0.2) is 67.7 Å². The molecule has 1 saturated heterocycles. The maximum absolute atomic E-state index is 11.9. The lowest BCUT2D eigenvalue weighted by atomic mass is 9.96. The molecule has 1 amide bonds. The van der Waals surface area contributed by atoms with E-state index in [-0.39, 0.29) is 13.2 Å². The van der Waals surface area contributed by atoms with Gasteiger partial charge in [0.05, 0.1) is 6.61 Å². The summed E-state index contributed by atoms with van der Waals surface area (Å²) in [5, 5.41) is 2.66. The fraction of sp³-hybridized carbons (Fsp3) is 0.545. The van der Waals surface area contributed by atoms with Gasteiger partial charge in [-0.25, -0.2) is 0 Å². The topological polar surface area (TPSA) is 126 Å². The highest BCUT2D eigenvalue weighted by molar-refractivity contribution is 5.73. The summed E-state index contributed by atoms with van der Waals surface area (Å²) < 4.78 is 27.6. The van der Waals surface area contributed by atoms with E-state index in [1.54, 1.807) is 0 Å². The van der Waals surface area contributed by atoms with E-state index in [1.165, 1.54) is 27.7 Å². The van der Waals surface area contributed by atoms with Crippen molar-refractivity contribution in [1.29, 1.82) is 0 Å². The van der Waals surface area contributed by atoms with E-state index in [2.05, 4.69) is 5.32 Å². The van der Waals surface area contributed by atoms with Crippen molar-refractivity contribution >= 4 is 23.8 Å². The molecule has 0 saturated carbocycles. The molecule has 32 heavy (non-hydrogen) atoms. The van der Waals surface area contributed by atoms with Gasteiger partial charge in [-0.15, -0.1) is 0 Å². The van der Waals surface area contributed by atoms with Crippen molar-refractivity contribution < 1.29 is 42.9 Å². The Morgan fingerprint density at radius 2 is 1.53 bits per heavy atom. The average Bonchev–Trinajstić information content (AvgIpc) is 2.70. The van der Waals surface area contributed by atoms with E-state index in [0.29, 0.717) is 6.42 Å². The molecule has 1 aromatic carbocycles. The normalized spacial score (nSPS) is 24.8. The number of nitrogens with one attached hydrogen (secondary N) is 1. The number of rotatable bonds is 9. The summed E-state index contributed by atoms with van der Waals surface area (Å²) in [6.07, 6.45) is -3.75. The van der Waals surface area contributed by atoms with Crippen molar-refractivity contribution in [3.8, 4) is 0 Å². The lowest BCUT2D eigenvalue weighted by Crippen LogP contribution is -2.66. The smallest absolute Gasteiger partial charge is 0.303 e. The predicted molar refractivity (Wildman–Crippen MR) is 110 cm³/mol. The number of hydrogen-bond donors (Lipinski definition) is 1. The van der Waals surface area contributed by atoms with Crippen LogP contribution in [0.4, 0.5) is 0 Å². The monoisotopic (exact) mass is 451 g/mol. The van der Waals surface area contributed by atoms with Crippen LogP contribution < -0.4 is 5.32 Å². The molecule has 10 heteroatoms. The van der Waals surface area contributed by atoms with Crippen LogP contribution >= 0.6 is 0 Å². The lowest BCUT2D eigenvalue weighted by molar-refractivity contribution is -0.277. The third kappa shape index (κ3) is 7.93. The standard InChI is InChI=1S/C22H29NO9/c1-13(24)23-19-21(31-16(4)27)20(30-15(3)26)18(12-29-14(2)25)32-22(19)28-11-10-17-8-6-5-7-9-17/h5-9,18-22H,10-12H2,1-4H3,(H,23,24)/t18-,19+,20+,21-,22-/m0/s1. The van der Waals surface area contributed by atoms with Gasteiger partial charge in [-0.05, 0) is 12.0 Å². The lowest BCUT2D eigenvalue weighted by Gasteiger charge is -2.44. The van der Waals surface area contributed by atoms with Gasteiger partial charge in [0.2, 0.25) is 5.91 Å². The van der Waals surface area contributed by atoms with Crippen molar-refractivity contribution in [2.24, 2.45) is 0 Å². The zero-order valence-corrected chi connectivity index (χ0v) is 18.6. The van der Waals surface area contributed by atoms with E-state index in [1.807, 2.05) is 30.3 Å². The molecule has 1 aliphatic rings. The summed E-state index contributed by atoms with van der Waals surface area (Å²) in [4.78, 5) is 46.7. The molecule has 2 rings (SSSR count). The summed E-state index contributed by atoms with van der Waals surface area (Å²) >= 11 is 0. The van der Waals surface area contributed by atoms with Gasteiger partial charge in [0.25, 0.3) is 0 Å². The maximum atomic E-state index is 11.9. The van der Waals surface area contributed by atoms with Crippen molar-refractivity contribution in [3.63, 3.8) is 0 Å². The molecule has 0 aromatic heterocycles. The molecular weight excluding hydrogens is 422 g/mol. The highest BCUT2D eigenvalue weighted by atomic mass is 16.7. The summed E-state index contributed by atoms with van der Waals surface area (Å²) in [6, 6.07) is 8.63. The van der Waals surface area contributed by atoms with Crippen LogP contribution in [0.25, 0.3) is 0 Å². The van der Waals surface area contributed by atoms with Gasteiger partial charge in [0, 0.05) is 27.7 Å². The number of amides is 1. The quantitative estimate of drug-likeness (QED) is 0.430. The number of carbonyl (C=O) groups is 4. The predicted octanol–water partition coefficient (Wildman–Crippen LogP) is 0.902. The highest BCUT2D eigenvalue weighted by Crippen LogP contribution is 2.28. The minimum absolute atomic E-state index is 0.232. The van der Waals surface area contributed by atoms with Gasteiger partial charge in [0.1, 0.15) is 18.8 Å². The first-order valence-corrected chi connectivity index (χ1v) is 10.2. The van der Waals surface area contributed by atoms with Crippen LogP contribution in [0.5, 0.6) is 0 Å². The van der Waals surface area contributed by atoms with E-state index < -0.39 is 54.5 Å². The molecule has 5 atom stereocenters. The van der Waals surface area contributed by atoms with E-state index >= 15 is 0 Å². The molecular formula is C22H29NO9. The SMILES string of the molecule is CC(=O)N[C@H]1[C@@H](OCCc2ccccc2)O[C@@H](COC(C)=O)[C@@H](OC(C)=O)[C@H]1OC(C)=O. The Kier molecular flexibility index (Phi) is 9.61. The molecule has 0 radical (unpaired) electrons. The average molecular weight is 451 g/mol. The first-order valence-electron chi connectivity index (χ1n) is 10.2. The Hall–Kier alpha value is -2.98. The number of hydrogen-bond acceptors (Lipinski definition) is 9. The van der Waals surface area contributed by atoms with E-state index in [4.69, 9.17) is 23.7 Å². The van der Waals surface area contributed by atoms with Crippen LogP contribution in [0, 0.1) is 0 Å². The fourth-order valence-electron chi connectivity index (χ4n) is 3.37. The second kappa shape index (κ2) is 12.2. The zero-order chi connectivity index (χ0) is 23.7. The summed E-state index contributed by atoms with van der Waals surface area (Å²) in [7, 11) is 0. The van der Waals surface area contributed by atoms with Gasteiger partial charge in [-0.1, -0.05) is 30.3 Å². The third-order valence-corrected chi connectivity index (χ3v) is 4.59. The molecule has 0 spiro atoms. The molecule has 0 aliphatic carbocycles. The van der Waals surface area contributed by atoms with Crippen molar-refractivity contribution in [2.75, 3.05) is 13.2 Å². The third-order valence-electron chi connectivity index (χ3n) is 4.59. The molecule has 1 aromatic rings. The first-order chi connectivity index (χ1) is 15.2. The highest BCUT2D eigenvalue weighted by Gasteiger charge is 2.51. The van der Waals surface area contributed by atoms with E-state index in [0.717, 1.165) is 5.56 Å². The Bertz CT molecular complexity index is 798. The minimum atomic E-state index is -1.14. The van der Waals surface area contributed by atoms with Crippen LogP contribution in [-0.2, 0) is 49.3 Å². The van der Waals surface area contributed by atoms with Crippen molar-refractivity contribution in [2.45, 2.75) is 64.8 Å². The minimum Gasteiger partial charge on any atom is -0.463 e. The summed E-state index contributed by atoms with van der Waals surface area (Å²) in [5.41, 5.74) is 1.03. The molecule has 1 fully saturated rings. The molecule has 1 N–H and O–H groups in total. The Morgan fingerprint density at radius 3 is 2.09 bits per heavy atom. The fourth-order valence-corrected chi connectivity index (χ4v) is 3.37. The van der Waals surface area contributed by atoms with E-state index in [9.17, 15) is 19.2 Å². The Balaban J connectivity index is 2.28. The van der Waals surface area contributed by atoms with Gasteiger partial charge in [0.15, 0.2) is 18.5 Å². The second-order valence-electron chi connectivity index (χ2n) is 7.33. The van der Waals surface area contributed by atoms with Gasteiger partial charge in [-0.2, -0.15) is 0 Å². The van der Waals surface area contributed by atoms with Crippen LogP contribution in [0.15, 0.2) is 30.3 Å². The van der Waals surface area contributed by atoms with Gasteiger partial charge >= 0.3 is 17.9 Å². The Labute approximate surface area is 186 Å². The van der Waals surface area contributed by atoms with Gasteiger partial charge < -0.3 is 29.0 Å². The number of ether oxygens (including phenoxy) is 5. The Morgan fingerprint density at radius 1 is 0.906 bits per heavy atom. The molecule has 0 unspecified atom stereocenters. The van der Waals surface area contributed by atoms with Crippen LogP contribution in [0.2, 0.25) is 0 Å². The molecule has 0 bridgehead atoms. The van der Waals surface area contributed by atoms with Crippen molar-refractivity contribution in [1.82, 2.24) is 5.32 Å². The van der Waals surface area contributed by atoms with Crippen LogP contribution in [0.1, 0.15) is 33.3 Å². The number of carbonyl (C=O) groups excluding carboxylic acids is 4. The van der Waals surface area contributed by atoms with Gasteiger partial charge in [-0.3, -0.25) is 19.2 Å². The molecule has 10 nitrogen and oxygen atoms in total. The van der Waals surface area contributed by atoms with Crippen LogP contribution in [0.3, 0.4) is 0 Å². The zero-order valence-electron chi connectivity index (χ0n) is 18.6. The summed E-state index contributed by atoms with van der Waals surface area (Å²) in [5.74, 6) is -2.30. The largest absolute Gasteiger partial charge is 0.463 e. The molecule has 1 heterocycles. The molecule has 176 valence electrons. The first kappa shape index (κ1) is 25.3. The van der Waals surface area contributed by atoms with Crippen molar-refractivity contribution in [3.05, 3.63) is 35.9 Å². The second-order valence-corrected chi connectivity index (χ2v) is 7.33. The number of benzene rings is 1. The summed E-state index contributed by atoms with van der Waals surface area (Å²) in [6.45, 7) is 4.85. The molecule has 1 aliphatic heterocycles.